The van der Waals surface area contributed by atoms with Gasteiger partial charge in [-0.3, -0.25) is 0 Å². The highest BCUT2D eigenvalue weighted by Gasteiger charge is 2.43. The van der Waals surface area contributed by atoms with E-state index in [0.29, 0.717) is 12.1 Å². The topological polar surface area (TPSA) is 66.5 Å². The average Bonchev–Trinajstić information content (AvgIpc) is 2.65. The molecule has 1 saturated heterocycles. The zero-order valence-electron chi connectivity index (χ0n) is 11.1. The summed E-state index contributed by atoms with van der Waals surface area (Å²) >= 11 is 0. The van der Waals surface area contributed by atoms with E-state index in [9.17, 15) is 13.2 Å². The van der Waals surface area contributed by atoms with Crippen LogP contribution in [-0.4, -0.2) is 43.4 Å². The molecule has 0 radical (unpaired) electrons. The van der Waals surface area contributed by atoms with Gasteiger partial charge in [-0.1, -0.05) is 18.2 Å². The SMILES string of the molecule is CN(C(=O)Nc1ccccc1)C1(C)CCS(=O)(=O)C1. The van der Waals surface area contributed by atoms with Gasteiger partial charge in [0.1, 0.15) is 0 Å². The number of benzene rings is 1. The van der Waals surface area contributed by atoms with E-state index in [4.69, 9.17) is 0 Å². The molecule has 2 rings (SSSR count). The molecule has 1 N–H and O–H groups in total. The van der Waals surface area contributed by atoms with Gasteiger partial charge in [0.05, 0.1) is 17.0 Å². The number of nitrogens with one attached hydrogen (secondary N) is 1. The van der Waals surface area contributed by atoms with Gasteiger partial charge in [-0.05, 0) is 25.5 Å². The summed E-state index contributed by atoms with van der Waals surface area (Å²) in [5, 5.41) is 2.76. The number of hydrogen-bond donors (Lipinski definition) is 1. The summed E-state index contributed by atoms with van der Waals surface area (Å²) in [6.45, 7) is 1.81. The van der Waals surface area contributed by atoms with Crippen molar-refractivity contribution in [3.8, 4) is 0 Å². The summed E-state index contributed by atoms with van der Waals surface area (Å²) in [5.41, 5.74) is 0.0707. The molecule has 1 atom stereocenters. The summed E-state index contributed by atoms with van der Waals surface area (Å²) < 4.78 is 23.1. The van der Waals surface area contributed by atoms with Gasteiger partial charge in [-0.15, -0.1) is 0 Å². The Bertz CT molecular complexity index is 571. The Hall–Kier alpha value is -1.56. The maximum absolute atomic E-state index is 12.1. The lowest BCUT2D eigenvalue weighted by molar-refractivity contribution is 0.172. The van der Waals surface area contributed by atoms with Gasteiger partial charge in [-0.25, -0.2) is 13.2 Å². The molecule has 0 aromatic heterocycles. The van der Waals surface area contributed by atoms with Crippen LogP contribution in [0.4, 0.5) is 10.5 Å². The second kappa shape index (κ2) is 4.85. The van der Waals surface area contributed by atoms with Crippen LogP contribution in [0.5, 0.6) is 0 Å². The largest absolute Gasteiger partial charge is 0.322 e. The van der Waals surface area contributed by atoms with Crippen LogP contribution in [-0.2, 0) is 9.84 Å². The quantitative estimate of drug-likeness (QED) is 0.898. The third-order valence-corrected chi connectivity index (χ3v) is 5.51. The van der Waals surface area contributed by atoms with Crippen molar-refractivity contribution < 1.29 is 13.2 Å². The summed E-state index contributed by atoms with van der Waals surface area (Å²) in [6, 6.07) is 8.82. The number of rotatable bonds is 2. The zero-order valence-corrected chi connectivity index (χ0v) is 11.9. The number of anilines is 1. The molecule has 1 fully saturated rings. The van der Waals surface area contributed by atoms with Crippen LogP contribution in [0.2, 0.25) is 0 Å². The molecule has 1 aromatic rings. The number of nitrogens with zero attached hydrogens (tertiary/aromatic N) is 1. The maximum atomic E-state index is 12.1. The Balaban J connectivity index is 2.08. The smallest absolute Gasteiger partial charge is 0.321 e. The Labute approximate surface area is 113 Å². The number of amides is 2. The van der Waals surface area contributed by atoms with E-state index in [2.05, 4.69) is 5.32 Å². The molecule has 6 heteroatoms. The fourth-order valence-corrected chi connectivity index (χ4v) is 4.41. The highest BCUT2D eigenvalue weighted by Crippen LogP contribution is 2.28. The summed E-state index contributed by atoms with van der Waals surface area (Å²) in [6.07, 6.45) is 0.480. The fraction of sp³-hybridized carbons (Fsp3) is 0.462. The standard InChI is InChI=1S/C13H18N2O3S/c1-13(8-9-19(17,18)10-13)15(2)12(16)14-11-6-4-3-5-7-11/h3-7H,8-10H2,1-2H3,(H,14,16). The van der Waals surface area contributed by atoms with Crippen molar-refractivity contribution >= 4 is 21.6 Å². The van der Waals surface area contributed by atoms with Crippen molar-refractivity contribution in [3.63, 3.8) is 0 Å². The summed E-state index contributed by atoms with van der Waals surface area (Å²) in [4.78, 5) is 13.6. The normalized spacial score (nSPS) is 24.9. The van der Waals surface area contributed by atoms with Crippen LogP contribution in [0, 0.1) is 0 Å². The summed E-state index contributed by atoms with van der Waals surface area (Å²) in [5.74, 6) is 0.172. The number of carbonyl (C=O) groups is 1. The third-order valence-electron chi connectivity index (χ3n) is 3.62. The number of carbonyl (C=O) groups excluding carboxylic acids is 1. The first kappa shape index (κ1) is 13.9. The van der Waals surface area contributed by atoms with Crippen LogP contribution in [0.25, 0.3) is 0 Å². The first-order chi connectivity index (χ1) is 8.82. The Morgan fingerprint density at radius 3 is 2.47 bits per heavy atom. The average molecular weight is 282 g/mol. The molecule has 1 unspecified atom stereocenters. The first-order valence-corrected chi connectivity index (χ1v) is 7.95. The van der Waals surface area contributed by atoms with Gasteiger partial charge in [0.25, 0.3) is 0 Å². The summed E-state index contributed by atoms with van der Waals surface area (Å²) in [7, 11) is -1.39. The first-order valence-electron chi connectivity index (χ1n) is 6.13. The number of urea groups is 1. The molecule has 0 spiro atoms. The third kappa shape index (κ3) is 3.07. The molecule has 0 saturated carbocycles. The maximum Gasteiger partial charge on any atom is 0.322 e. The highest BCUT2D eigenvalue weighted by molar-refractivity contribution is 7.91. The van der Waals surface area contributed by atoms with Crippen LogP contribution in [0.15, 0.2) is 30.3 Å². The number of hydrogen-bond acceptors (Lipinski definition) is 3. The molecular weight excluding hydrogens is 264 g/mol. The van der Waals surface area contributed by atoms with Gasteiger partial charge < -0.3 is 10.2 Å². The van der Waals surface area contributed by atoms with Gasteiger partial charge in [0.15, 0.2) is 9.84 Å². The van der Waals surface area contributed by atoms with E-state index < -0.39 is 15.4 Å². The molecule has 0 aliphatic carbocycles. The van der Waals surface area contributed by atoms with Crippen LogP contribution in [0.1, 0.15) is 13.3 Å². The lowest BCUT2D eigenvalue weighted by atomic mass is 10.0. The van der Waals surface area contributed by atoms with Crippen molar-refractivity contribution in [2.45, 2.75) is 18.9 Å². The van der Waals surface area contributed by atoms with Gasteiger partial charge >= 0.3 is 6.03 Å². The molecule has 1 aliphatic heterocycles. The van der Waals surface area contributed by atoms with Crippen molar-refractivity contribution in [1.82, 2.24) is 4.90 Å². The van der Waals surface area contributed by atoms with Crippen molar-refractivity contribution in [2.24, 2.45) is 0 Å². The van der Waals surface area contributed by atoms with E-state index in [1.807, 2.05) is 25.1 Å². The molecule has 5 nitrogen and oxygen atoms in total. The molecule has 1 aliphatic rings. The molecule has 0 bridgehead atoms. The van der Waals surface area contributed by atoms with Crippen LogP contribution >= 0.6 is 0 Å². The van der Waals surface area contributed by atoms with Gasteiger partial charge in [-0.2, -0.15) is 0 Å². The zero-order chi connectivity index (χ0) is 14.1. The Morgan fingerprint density at radius 1 is 1.32 bits per heavy atom. The van der Waals surface area contributed by atoms with E-state index in [-0.39, 0.29) is 17.5 Å². The Morgan fingerprint density at radius 2 is 1.95 bits per heavy atom. The minimum atomic E-state index is -3.03. The van der Waals surface area contributed by atoms with Crippen molar-refractivity contribution in [3.05, 3.63) is 30.3 Å². The molecular formula is C13H18N2O3S. The predicted octanol–water partition coefficient (Wildman–Crippen LogP) is 1.73. The monoisotopic (exact) mass is 282 g/mol. The van der Waals surface area contributed by atoms with Gasteiger partial charge in [0.2, 0.25) is 0 Å². The molecule has 1 aromatic carbocycles. The Kier molecular flexibility index (Phi) is 3.54. The number of sulfone groups is 1. The van der Waals surface area contributed by atoms with E-state index in [1.165, 1.54) is 4.90 Å². The lowest BCUT2D eigenvalue weighted by Gasteiger charge is -2.34. The molecule has 2 amide bonds. The number of para-hydroxylation sites is 1. The van der Waals surface area contributed by atoms with E-state index in [0.717, 1.165) is 0 Å². The van der Waals surface area contributed by atoms with Crippen molar-refractivity contribution in [2.75, 3.05) is 23.9 Å². The minimum absolute atomic E-state index is 0.0265. The van der Waals surface area contributed by atoms with Gasteiger partial charge in [0, 0.05) is 12.7 Å². The lowest BCUT2D eigenvalue weighted by Crippen LogP contribution is -2.49. The van der Waals surface area contributed by atoms with E-state index in [1.54, 1.807) is 19.2 Å². The second-order valence-corrected chi connectivity index (χ2v) is 7.38. The van der Waals surface area contributed by atoms with Crippen LogP contribution in [0.3, 0.4) is 0 Å². The minimum Gasteiger partial charge on any atom is -0.321 e. The predicted molar refractivity (Wildman–Crippen MR) is 74.9 cm³/mol. The molecule has 104 valence electrons. The van der Waals surface area contributed by atoms with Crippen molar-refractivity contribution in [1.29, 1.82) is 0 Å². The van der Waals surface area contributed by atoms with Crippen LogP contribution < -0.4 is 5.32 Å². The fourth-order valence-electron chi connectivity index (χ4n) is 2.23. The second-order valence-electron chi connectivity index (χ2n) is 5.19. The molecule has 1 heterocycles. The van der Waals surface area contributed by atoms with E-state index >= 15 is 0 Å². The molecule has 19 heavy (non-hydrogen) atoms. The highest BCUT2D eigenvalue weighted by atomic mass is 32.2.